The average Bonchev–Trinajstić information content (AvgIpc) is 2.78. The zero-order valence-corrected chi connectivity index (χ0v) is 15.3. The van der Waals surface area contributed by atoms with Crippen molar-refractivity contribution >= 4 is 19.7 Å². The van der Waals surface area contributed by atoms with Crippen LogP contribution in [0.5, 0.6) is 0 Å². The van der Waals surface area contributed by atoms with Crippen LogP contribution in [-0.4, -0.2) is 14.1 Å². The fraction of sp³-hybridized carbons (Fsp3) is 0.526. The molecule has 1 aromatic rings. The molecule has 0 saturated heterocycles. The Morgan fingerprint density at radius 2 is 1.86 bits per heavy atom. The van der Waals surface area contributed by atoms with Gasteiger partial charge in [0.25, 0.3) is 0 Å². The summed E-state index contributed by atoms with van der Waals surface area (Å²) in [6, 6.07) is 8.47. The van der Waals surface area contributed by atoms with Gasteiger partial charge in [0.1, 0.15) is 0 Å². The second-order valence-electron chi connectivity index (χ2n) is 8.16. The molecule has 2 aliphatic rings. The molecule has 0 aliphatic heterocycles. The molecule has 0 fully saturated rings. The minimum atomic E-state index is -1.83. The standard InChI is InChI=1S/C19H26O2Si/c1-19(2,3)22(4,5)21-18-11-13-10-14(20)12-17(13)15-8-6-7-9-16(15)18/h6-9,12-13,18H,10-11H2,1-5H3. The third kappa shape index (κ3) is 2.61. The third-order valence-electron chi connectivity index (χ3n) is 5.56. The summed E-state index contributed by atoms with van der Waals surface area (Å²) in [5, 5.41) is 0.198. The number of carbonyl (C=O) groups excluding carboxylic acids is 1. The highest BCUT2D eigenvalue weighted by Crippen LogP contribution is 2.49. The van der Waals surface area contributed by atoms with Crippen LogP contribution in [0.4, 0.5) is 0 Å². The number of hydrogen-bond donors (Lipinski definition) is 0. The Kier molecular flexibility index (Phi) is 3.69. The highest BCUT2D eigenvalue weighted by Gasteiger charge is 2.43. The zero-order valence-electron chi connectivity index (χ0n) is 14.3. The minimum absolute atomic E-state index is 0.130. The van der Waals surface area contributed by atoms with Crippen molar-refractivity contribution in [3.8, 4) is 0 Å². The van der Waals surface area contributed by atoms with Gasteiger partial charge in [-0.15, -0.1) is 0 Å². The Balaban J connectivity index is 1.97. The number of hydrogen-bond acceptors (Lipinski definition) is 2. The largest absolute Gasteiger partial charge is 0.410 e. The molecule has 118 valence electrons. The van der Waals surface area contributed by atoms with Crippen LogP contribution in [0.2, 0.25) is 18.1 Å². The molecule has 0 heterocycles. The highest BCUT2D eigenvalue weighted by molar-refractivity contribution is 6.74. The van der Waals surface area contributed by atoms with Crippen LogP contribution in [0.3, 0.4) is 0 Å². The van der Waals surface area contributed by atoms with E-state index in [1.54, 1.807) is 0 Å². The molecule has 0 N–H and O–H groups in total. The molecule has 22 heavy (non-hydrogen) atoms. The van der Waals surface area contributed by atoms with Gasteiger partial charge in [0.15, 0.2) is 14.1 Å². The molecule has 2 atom stereocenters. The SMILES string of the molecule is CC(C)(C)[Si](C)(C)OC1CC2CC(=O)C=C2c2ccccc21. The van der Waals surface area contributed by atoms with Crippen molar-refractivity contribution in [2.75, 3.05) is 0 Å². The van der Waals surface area contributed by atoms with Crippen molar-refractivity contribution in [1.29, 1.82) is 0 Å². The first-order chi connectivity index (χ1) is 10.2. The molecule has 3 rings (SSSR count). The summed E-state index contributed by atoms with van der Waals surface area (Å²) in [4.78, 5) is 11.9. The van der Waals surface area contributed by atoms with Gasteiger partial charge in [0.2, 0.25) is 0 Å². The molecule has 0 bridgehead atoms. The van der Waals surface area contributed by atoms with E-state index in [1.165, 1.54) is 16.7 Å². The van der Waals surface area contributed by atoms with Crippen molar-refractivity contribution in [2.24, 2.45) is 5.92 Å². The van der Waals surface area contributed by atoms with E-state index in [-0.39, 0.29) is 16.9 Å². The summed E-state index contributed by atoms with van der Waals surface area (Å²) in [6.45, 7) is 11.4. The summed E-state index contributed by atoms with van der Waals surface area (Å²) in [7, 11) is -1.83. The lowest BCUT2D eigenvalue weighted by atomic mass is 9.79. The van der Waals surface area contributed by atoms with Crippen LogP contribution in [0.15, 0.2) is 30.3 Å². The lowest BCUT2D eigenvalue weighted by molar-refractivity contribution is -0.114. The second-order valence-corrected chi connectivity index (χ2v) is 12.9. The number of fused-ring (bicyclic) bond motifs is 3. The minimum Gasteiger partial charge on any atom is -0.410 e. The van der Waals surface area contributed by atoms with Crippen molar-refractivity contribution in [3.63, 3.8) is 0 Å². The van der Waals surface area contributed by atoms with Crippen LogP contribution < -0.4 is 0 Å². The van der Waals surface area contributed by atoms with Gasteiger partial charge in [-0.2, -0.15) is 0 Å². The fourth-order valence-corrected chi connectivity index (χ4v) is 4.57. The Morgan fingerprint density at radius 3 is 2.55 bits per heavy atom. The molecule has 2 aliphatic carbocycles. The van der Waals surface area contributed by atoms with Crippen LogP contribution in [-0.2, 0) is 9.22 Å². The molecule has 0 aromatic heterocycles. The van der Waals surface area contributed by atoms with E-state index in [2.05, 4.69) is 58.1 Å². The topological polar surface area (TPSA) is 26.3 Å². The predicted octanol–water partition coefficient (Wildman–Crippen LogP) is 5.13. The van der Waals surface area contributed by atoms with E-state index in [0.29, 0.717) is 12.3 Å². The summed E-state index contributed by atoms with van der Waals surface area (Å²) >= 11 is 0. The van der Waals surface area contributed by atoms with Gasteiger partial charge in [-0.1, -0.05) is 45.0 Å². The molecule has 2 unspecified atom stereocenters. The highest BCUT2D eigenvalue weighted by atomic mass is 28.4. The molecule has 0 spiro atoms. The molecule has 2 nitrogen and oxygen atoms in total. The maximum Gasteiger partial charge on any atom is 0.192 e. The Hall–Kier alpha value is -1.19. The first-order valence-electron chi connectivity index (χ1n) is 8.20. The van der Waals surface area contributed by atoms with Gasteiger partial charge in [-0.25, -0.2) is 0 Å². The second kappa shape index (κ2) is 5.17. The molecule has 0 radical (unpaired) electrons. The van der Waals surface area contributed by atoms with Crippen molar-refractivity contribution in [3.05, 3.63) is 41.5 Å². The first-order valence-corrected chi connectivity index (χ1v) is 11.1. The van der Waals surface area contributed by atoms with Crippen molar-refractivity contribution < 1.29 is 9.22 Å². The van der Waals surface area contributed by atoms with Gasteiger partial charge in [-0.05, 0) is 53.2 Å². The zero-order chi connectivity index (χ0) is 16.1. The fourth-order valence-electron chi connectivity index (χ4n) is 3.28. The predicted molar refractivity (Wildman–Crippen MR) is 93.2 cm³/mol. The van der Waals surface area contributed by atoms with Crippen LogP contribution in [0.1, 0.15) is 50.8 Å². The number of ketones is 1. The monoisotopic (exact) mass is 314 g/mol. The molecule has 3 heteroatoms. The number of rotatable bonds is 2. The number of carbonyl (C=O) groups is 1. The van der Waals surface area contributed by atoms with Crippen molar-refractivity contribution in [2.45, 2.75) is 57.8 Å². The Labute approximate surface area is 134 Å². The lowest BCUT2D eigenvalue weighted by Crippen LogP contribution is -2.42. The van der Waals surface area contributed by atoms with Gasteiger partial charge in [0, 0.05) is 6.42 Å². The van der Waals surface area contributed by atoms with Crippen LogP contribution in [0.25, 0.3) is 5.57 Å². The summed E-state index contributed by atoms with van der Waals surface area (Å²) < 4.78 is 6.71. The van der Waals surface area contributed by atoms with E-state index in [0.717, 1.165) is 6.42 Å². The number of benzene rings is 1. The maximum absolute atomic E-state index is 11.9. The molecule has 1 aromatic carbocycles. The Morgan fingerprint density at radius 1 is 1.18 bits per heavy atom. The molecular weight excluding hydrogens is 288 g/mol. The van der Waals surface area contributed by atoms with E-state index >= 15 is 0 Å². The van der Waals surface area contributed by atoms with Gasteiger partial charge in [0.05, 0.1) is 6.10 Å². The lowest BCUT2D eigenvalue weighted by Gasteiger charge is -2.42. The van der Waals surface area contributed by atoms with Crippen molar-refractivity contribution in [1.82, 2.24) is 0 Å². The summed E-state index contributed by atoms with van der Waals surface area (Å²) in [6.07, 6.45) is 3.58. The first kappa shape index (κ1) is 15.7. The van der Waals surface area contributed by atoms with E-state index < -0.39 is 8.32 Å². The van der Waals surface area contributed by atoms with Gasteiger partial charge in [-0.3, -0.25) is 4.79 Å². The van der Waals surface area contributed by atoms with E-state index in [9.17, 15) is 4.79 Å². The quantitative estimate of drug-likeness (QED) is 0.708. The summed E-state index contributed by atoms with van der Waals surface area (Å²) in [5.74, 6) is 0.611. The van der Waals surface area contributed by atoms with Crippen LogP contribution >= 0.6 is 0 Å². The molecule has 0 amide bonds. The van der Waals surface area contributed by atoms with Gasteiger partial charge >= 0.3 is 0 Å². The normalized spacial score (nSPS) is 24.8. The summed E-state index contributed by atoms with van der Waals surface area (Å²) in [5.41, 5.74) is 3.73. The van der Waals surface area contributed by atoms with E-state index in [1.807, 2.05) is 6.08 Å². The molecule has 0 saturated carbocycles. The average molecular weight is 315 g/mol. The number of allylic oxidation sites excluding steroid dienone is 2. The molecular formula is C19H26O2Si. The smallest absolute Gasteiger partial charge is 0.192 e. The van der Waals surface area contributed by atoms with Gasteiger partial charge < -0.3 is 4.43 Å². The third-order valence-corrected chi connectivity index (χ3v) is 10.1. The van der Waals surface area contributed by atoms with Crippen LogP contribution in [0, 0.1) is 5.92 Å². The van der Waals surface area contributed by atoms with E-state index in [4.69, 9.17) is 4.43 Å². The maximum atomic E-state index is 11.9. The Bertz CT molecular complexity index is 637.